The van der Waals surface area contributed by atoms with Gasteiger partial charge in [0.25, 0.3) is 5.56 Å². The Kier molecular flexibility index (Phi) is 2.56. The van der Waals surface area contributed by atoms with E-state index < -0.39 is 0 Å². The van der Waals surface area contributed by atoms with E-state index in [4.69, 9.17) is 5.73 Å². The molecule has 0 fully saturated rings. The van der Waals surface area contributed by atoms with Gasteiger partial charge in [0.1, 0.15) is 5.82 Å². The maximum absolute atomic E-state index is 11.8. The topological polar surface area (TPSA) is 89.6 Å². The van der Waals surface area contributed by atoms with E-state index in [0.29, 0.717) is 17.7 Å². The number of nitrogen functional groups attached to an aromatic ring is 1. The first-order valence-electron chi connectivity index (χ1n) is 5.91. The average molecular weight is 255 g/mol. The molecule has 0 atom stereocenters. The summed E-state index contributed by atoms with van der Waals surface area (Å²) in [7, 11) is 0. The molecule has 3 aromatic rings. The zero-order valence-corrected chi connectivity index (χ0v) is 10.4. The zero-order chi connectivity index (χ0) is 13.4. The summed E-state index contributed by atoms with van der Waals surface area (Å²) in [4.78, 5) is 22.6. The average Bonchev–Trinajstić information content (AvgIpc) is 2.69. The van der Waals surface area contributed by atoms with E-state index in [9.17, 15) is 4.79 Å². The number of nitrogens with zero attached hydrogens (tertiary/aromatic N) is 3. The van der Waals surface area contributed by atoms with Gasteiger partial charge in [-0.25, -0.2) is 4.98 Å². The Morgan fingerprint density at radius 2 is 2.00 bits per heavy atom. The second kappa shape index (κ2) is 4.24. The first-order chi connectivity index (χ1) is 9.15. The van der Waals surface area contributed by atoms with Crippen LogP contribution in [0.15, 0.2) is 35.1 Å². The molecular weight excluding hydrogens is 242 g/mol. The Balaban J connectivity index is 2.18. The third-order valence-electron chi connectivity index (χ3n) is 3.00. The lowest BCUT2D eigenvalue weighted by Crippen LogP contribution is -2.12. The monoisotopic (exact) mass is 255 g/mol. The second-order valence-corrected chi connectivity index (χ2v) is 4.35. The predicted molar refractivity (Wildman–Crippen MR) is 72.8 cm³/mol. The van der Waals surface area contributed by atoms with Gasteiger partial charge in [-0.1, -0.05) is 30.3 Å². The van der Waals surface area contributed by atoms with Crippen molar-refractivity contribution in [2.75, 3.05) is 5.73 Å². The molecule has 19 heavy (non-hydrogen) atoms. The number of aromatic amines is 1. The fourth-order valence-electron chi connectivity index (χ4n) is 2.09. The maximum atomic E-state index is 11.8. The smallest absolute Gasteiger partial charge is 0.280 e. The lowest BCUT2D eigenvalue weighted by Gasteiger charge is -2.06. The fourth-order valence-corrected chi connectivity index (χ4v) is 2.09. The van der Waals surface area contributed by atoms with Gasteiger partial charge in [-0.3, -0.25) is 9.78 Å². The van der Waals surface area contributed by atoms with Crippen molar-refractivity contribution < 1.29 is 0 Å². The first kappa shape index (κ1) is 11.5. The Hall–Kier alpha value is -2.63. The van der Waals surface area contributed by atoms with Crippen molar-refractivity contribution in [2.45, 2.75) is 13.5 Å². The molecule has 6 nitrogen and oxygen atoms in total. The highest BCUT2D eigenvalue weighted by atomic mass is 16.1. The minimum absolute atomic E-state index is 0.103. The van der Waals surface area contributed by atoms with Crippen LogP contribution in [-0.2, 0) is 6.54 Å². The number of aromatic nitrogens is 4. The molecule has 0 saturated carbocycles. The van der Waals surface area contributed by atoms with Gasteiger partial charge >= 0.3 is 0 Å². The maximum Gasteiger partial charge on any atom is 0.280 e. The van der Waals surface area contributed by atoms with Gasteiger partial charge < -0.3 is 10.3 Å². The lowest BCUT2D eigenvalue weighted by molar-refractivity contribution is 0.777. The highest BCUT2D eigenvalue weighted by molar-refractivity contribution is 5.71. The molecule has 3 rings (SSSR count). The van der Waals surface area contributed by atoms with Crippen LogP contribution in [0.5, 0.6) is 0 Å². The van der Waals surface area contributed by atoms with E-state index in [1.54, 1.807) is 0 Å². The van der Waals surface area contributed by atoms with Crippen LogP contribution in [0.3, 0.4) is 0 Å². The fraction of sp³-hybridized carbons (Fsp3) is 0.154. The van der Waals surface area contributed by atoms with Crippen LogP contribution in [0.4, 0.5) is 5.95 Å². The van der Waals surface area contributed by atoms with E-state index in [1.165, 1.54) is 0 Å². The number of nitrogens with one attached hydrogen (secondary N) is 1. The van der Waals surface area contributed by atoms with Crippen LogP contribution in [0, 0.1) is 6.92 Å². The molecule has 0 spiro atoms. The van der Waals surface area contributed by atoms with Crippen molar-refractivity contribution in [3.8, 4) is 0 Å². The van der Waals surface area contributed by atoms with Crippen molar-refractivity contribution in [2.24, 2.45) is 0 Å². The molecule has 2 heterocycles. The minimum Gasteiger partial charge on any atom is -0.369 e. The molecule has 2 aromatic heterocycles. The molecule has 0 saturated heterocycles. The molecule has 0 aliphatic carbocycles. The number of H-pyrrole nitrogens is 1. The molecule has 0 bridgehead atoms. The minimum atomic E-state index is -0.308. The van der Waals surface area contributed by atoms with Gasteiger partial charge in [0.15, 0.2) is 11.2 Å². The summed E-state index contributed by atoms with van der Waals surface area (Å²) in [6.07, 6.45) is 0. The Bertz CT molecular complexity index is 788. The quantitative estimate of drug-likeness (QED) is 0.716. The molecular formula is C13H13N5O. The van der Waals surface area contributed by atoms with E-state index in [0.717, 1.165) is 11.4 Å². The van der Waals surface area contributed by atoms with Crippen molar-refractivity contribution in [1.82, 2.24) is 19.5 Å². The molecule has 6 heteroatoms. The Labute approximate surface area is 108 Å². The van der Waals surface area contributed by atoms with Crippen molar-refractivity contribution in [3.63, 3.8) is 0 Å². The summed E-state index contributed by atoms with van der Waals surface area (Å²) in [5.74, 6) is 0.842. The molecule has 0 aliphatic rings. The molecule has 96 valence electrons. The Morgan fingerprint density at radius 3 is 2.74 bits per heavy atom. The van der Waals surface area contributed by atoms with Crippen molar-refractivity contribution in [1.29, 1.82) is 0 Å². The summed E-state index contributed by atoms with van der Waals surface area (Å²) in [6, 6.07) is 9.93. The summed E-state index contributed by atoms with van der Waals surface area (Å²) in [6.45, 7) is 2.46. The van der Waals surface area contributed by atoms with Gasteiger partial charge in [0, 0.05) is 0 Å². The number of fused-ring (bicyclic) bond motifs is 1. The van der Waals surface area contributed by atoms with Gasteiger partial charge in [-0.15, -0.1) is 0 Å². The number of imidazole rings is 1. The highest BCUT2D eigenvalue weighted by Crippen LogP contribution is 2.13. The second-order valence-electron chi connectivity index (χ2n) is 4.35. The van der Waals surface area contributed by atoms with Gasteiger partial charge in [0.05, 0.1) is 6.54 Å². The number of aryl methyl sites for hydroxylation is 1. The van der Waals surface area contributed by atoms with Crippen LogP contribution in [-0.4, -0.2) is 19.5 Å². The van der Waals surface area contributed by atoms with Gasteiger partial charge in [0.2, 0.25) is 5.95 Å². The van der Waals surface area contributed by atoms with E-state index in [2.05, 4.69) is 15.0 Å². The number of anilines is 1. The Morgan fingerprint density at radius 1 is 1.26 bits per heavy atom. The molecule has 0 amide bonds. The van der Waals surface area contributed by atoms with Crippen LogP contribution in [0.25, 0.3) is 11.2 Å². The number of benzene rings is 1. The van der Waals surface area contributed by atoms with Gasteiger partial charge in [-0.2, -0.15) is 4.98 Å². The number of rotatable bonds is 2. The van der Waals surface area contributed by atoms with Gasteiger partial charge in [-0.05, 0) is 12.5 Å². The SMILES string of the molecule is Cc1nc2c(=O)[nH]c(N)nc2n1Cc1ccccc1. The number of nitrogens with two attached hydrogens (primary N) is 1. The summed E-state index contributed by atoms with van der Waals surface area (Å²) < 4.78 is 1.89. The van der Waals surface area contributed by atoms with Crippen LogP contribution >= 0.6 is 0 Å². The molecule has 3 N–H and O–H groups in total. The summed E-state index contributed by atoms with van der Waals surface area (Å²) >= 11 is 0. The zero-order valence-electron chi connectivity index (χ0n) is 10.4. The lowest BCUT2D eigenvalue weighted by atomic mass is 10.2. The highest BCUT2D eigenvalue weighted by Gasteiger charge is 2.12. The predicted octanol–water partition coefficient (Wildman–Crippen LogP) is 1.06. The van der Waals surface area contributed by atoms with E-state index in [1.807, 2.05) is 41.8 Å². The van der Waals surface area contributed by atoms with Crippen LogP contribution in [0.1, 0.15) is 11.4 Å². The number of hydrogen-bond donors (Lipinski definition) is 2. The summed E-state index contributed by atoms with van der Waals surface area (Å²) in [5, 5.41) is 0. The van der Waals surface area contributed by atoms with Crippen LogP contribution < -0.4 is 11.3 Å². The normalized spacial score (nSPS) is 11.0. The molecule has 0 aliphatic heterocycles. The van der Waals surface area contributed by atoms with Crippen molar-refractivity contribution in [3.05, 3.63) is 52.1 Å². The van der Waals surface area contributed by atoms with E-state index >= 15 is 0 Å². The molecule has 1 aromatic carbocycles. The number of hydrogen-bond acceptors (Lipinski definition) is 4. The largest absolute Gasteiger partial charge is 0.369 e. The first-order valence-corrected chi connectivity index (χ1v) is 5.91. The van der Waals surface area contributed by atoms with Crippen LogP contribution in [0.2, 0.25) is 0 Å². The molecule has 0 unspecified atom stereocenters. The third kappa shape index (κ3) is 1.97. The van der Waals surface area contributed by atoms with Crippen molar-refractivity contribution >= 4 is 17.1 Å². The standard InChI is InChI=1S/C13H13N5O/c1-8-15-10-11(16-13(14)17-12(10)19)18(8)7-9-5-3-2-4-6-9/h2-6H,7H2,1H3,(H3,14,16,17,19). The molecule has 0 radical (unpaired) electrons. The summed E-state index contributed by atoms with van der Waals surface area (Å²) in [5.41, 5.74) is 7.23. The van der Waals surface area contributed by atoms with E-state index in [-0.39, 0.29) is 11.5 Å². The third-order valence-corrected chi connectivity index (χ3v) is 3.00.